The van der Waals surface area contributed by atoms with Crippen LogP contribution in [0.3, 0.4) is 0 Å². The number of halogens is 1. The summed E-state index contributed by atoms with van der Waals surface area (Å²) in [6.45, 7) is 5.85. The second kappa shape index (κ2) is 12.9. The van der Waals surface area contributed by atoms with Crippen LogP contribution in [-0.4, -0.2) is 5.97 Å². The first-order valence-electron chi connectivity index (χ1n) is 14.3. The molecular weight excluding hydrogens is 435 g/mol. The van der Waals surface area contributed by atoms with Gasteiger partial charge in [-0.25, -0.2) is 4.39 Å². The van der Waals surface area contributed by atoms with E-state index in [1.807, 2.05) is 19.1 Å². The van der Waals surface area contributed by atoms with E-state index in [-0.39, 0.29) is 17.7 Å². The van der Waals surface area contributed by atoms with Gasteiger partial charge in [0, 0.05) is 6.07 Å². The van der Waals surface area contributed by atoms with Gasteiger partial charge in [0.05, 0.1) is 5.92 Å². The van der Waals surface area contributed by atoms with E-state index >= 15 is 0 Å². The Morgan fingerprint density at radius 1 is 1.03 bits per heavy atom. The molecule has 3 fully saturated rings. The fraction of sp³-hybridized carbons (Fsp3) is 0.656. The molecule has 3 heteroatoms. The van der Waals surface area contributed by atoms with E-state index < -0.39 is 0 Å². The minimum absolute atomic E-state index is 0.0261. The third-order valence-corrected chi connectivity index (χ3v) is 9.39. The van der Waals surface area contributed by atoms with E-state index in [9.17, 15) is 9.18 Å². The van der Waals surface area contributed by atoms with Crippen LogP contribution in [0.2, 0.25) is 0 Å². The molecule has 0 spiro atoms. The minimum atomic E-state index is -0.277. The molecule has 3 aliphatic rings. The number of esters is 1. The summed E-state index contributed by atoms with van der Waals surface area (Å²) in [6.07, 6.45) is 22.6. The molecule has 1 aromatic rings. The van der Waals surface area contributed by atoms with Crippen molar-refractivity contribution < 1.29 is 13.9 Å². The molecule has 0 amide bonds. The van der Waals surface area contributed by atoms with Crippen molar-refractivity contribution in [1.82, 2.24) is 0 Å². The van der Waals surface area contributed by atoms with E-state index in [1.165, 1.54) is 57.4 Å². The van der Waals surface area contributed by atoms with Crippen molar-refractivity contribution in [3.8, 4) is 5.75 Å². The quantitative estimate of drug-likeness (QED) is 0.200. The number of allylic oxidation sites excluding steroid dienone is 3. The van der Waals surface area contributed by atoms with Crippen LogP contribution >= 0.6 is 0 Å². The van der Waals surface area contributed by atoms with Crippen molar-refractivity contribution >= 4 is 5.97 Å². The maximum Gasteiger partial charge on any atom is 0.314 e. The van der Waals surface area contributed by atoms with Crippen LogP contribution in [0, 0.1) is 41.3 Å². The van der Waals surface area contributed by atoms with Crippen molar-refractivity contribution in [3.05, 3.63) is 54.4 Å². The summed E-state index contributed by atoms with van der Waals surface area (Å²) in [5, 5.41) is 0. The molecule has 1 aromatic carbocycles. The molecule has 0 bridgehead atoms. The van der Waals surface area contributed by atoms with Gasteiger partial charge in [-0.1, -0.05) is 50.0 Å². The van der Waals surface area contributed by atoms with Crippen LogP contribution in [0.25, 0.3) is 0 Å². The number of fused-ring (bicyclic) bond motifs is 1. The van der Waals surface area contributed by atoms with Gasteiger partial charge in [0.1, 0.15) is 11.6 Å². The zero-order chi connectivity index (χ0) is 24.6. The van der Waals surface area contributed by atoms with Gasteiger partial charge in [-0.15, -0.1) is 6.58 Å². The first-order chi connectivity index (χ1) is 17.1. The average molecular weight is 481 g/mol. The molecule has 3 aliphatic carbocycles. The van der Waals surface area contributed by atoms with Gasteiger partial charge >= 0.3 is 5.97 Å². The topological polar surface area (TPSA) is 26.3 Å². The maximum atomic E-state index is 14.5. The predicted octanol–water partition coefficient (Wildman–Crippen LogP) is 8.85. The van der Waals surface area contributed by atoms with Gasteiger partial charge in [0.25, 0.3) is 0 Å². The third kappa shape index (κ3) is 6.86. The molecule has 192 valence electrons. The second-order valence-electron chi connectivity index (χ2n) is 11.5. The van der Waals surface area contributed by atoms with Gasteiger partial charge in [0.15, 0.2) is 0 Å². The molecule has 0 heterocycles. The summed E-state index contributed by atoms with van der Waals surface area (Å²) in [4.78, 5) is 13.2. The van der Waals surface area contributed by atoms with Crippen LogP contribution in [0.4, 0.5) is 4.39 Å². The van der Waals surface area contributed by atoms with Crippen molar-refractivity contribution in [1.29, 1.82) is 0 Å². The summed E-state index contributed by atoms with van der Waals surface area (Å²) in [5.41, 5.74) is 0.675. The molecule has 4 atom stereocenters. The lowest BCUT2D eigenvalue weighted by molar-refractivity contribution is -0.144. The highest BCUT2D eigenvalue weighted by Crippen LogP contribution is 2.50. The van der Waals surface area contributed by atoms with Crippen molar-refractivity contribution in [2.24, 2.45) is 35.5 Å². The Balaban J connectivity index is 1.29. The summed E-state index contributed by atoms with van der Waals surface area (Å²) < 4.78 is 20.3. The Hall–Kier alpha value is -1.90. The number of hydrogen-bond donors (Lipinski definition) is 0. The number of aryl methyl sites for hydroxylation is 1. The molecular formula is C32H45FO2. The largest absolute Gasteiger partial charge is 0.426 e. The van der Waals surface area contributed by atoms with Gasteiger partial charge in [-0.05, 0) is 112 Å². The Labute approximate surface area is 212 Å². The Morgan fingerprint density at radius 3 is 2.57 bits per heavy atom. The van der Waals surface area contributed by atoms with Gasteiger partial charge in [0.2, 0.25) is 0 Å². The van der Waals surface area contributed by atoms with Crippen LogP contribution in [0.5, 0.6) is 5.75 Å². The normalized spacial score (nSPS) is 31.1. The standard InChI is InChI=1S/C32H45FO2/c1-3-5-7-10-25-17-19-28(22-31(25)33)35-32(34)30-12-8-11-27-21-26(18-20-29(27)30)24-15-13-23(14-16-24)9-6-4-2/h3-5,17,19,22-24,26-27,29-30H,2,6-16,18,20-21H2,1H3/b5-3+. The number of carbonyl (C=O) groups excluding carboxylic acids is 1. The fourth-order valence-electron chi connectivity index (χ4n) is 7.41. The molecule has 0 saturated heterocycles. The lowest BCUT2D eigenvalue weighted by atomic mass is 9.59. The second-order valence-corrected chi connectivity index (χ2v) is 11.5. The molecule has 4 unspecified atom stereocenters. The molecule has 3 saturated carbocycles. The lowest BCUT2D eigenvalue weighted by Crippen LogP contribution is -2.40. The van der Waals surface area contributed by atoms with Gasteiger partial charge in [-0.2, -0.15) is 0 Å². The molecule has 4 rings (SSSR count). The number of carbonyl (C=O) groups is 1. The highest BCUT2D eigenvalue weighted by Gasteiger charge is 2.43. The summed E-state index contributed by atoms with van der Waals surface area (Å²) in [7, 11) is 0. The summed E-state index contributed by atoms with van der Waals surface area (Å²) in [5.74, 6) is 3.65. The van der Waals surface area contributed by atoms with Gasteiger partial charge in [-0.3, -0.25) is 4.79 Å². The first kappa shape index (κ1) is 26.2. The van der Waals surface area contributed by atoms with Gasteiger partial charge < -0.3 is 4.74 Å². The number of ether oxygens (including phenoxy) is 1. The predicted molar refractivity (Wildman–Crippen MR) is 142 cm³/mol. The fourth-order valence-corrected chi connectivity index (χ4v) is 7.41. The maximum absolute atomic E-state index is 14.5. The average Bonchev–Trinajstić information content (AvgIpc) is 2.88. The van der Waals surface area contributed by atoms with E-state index in [4.69, 9.17) is 4.74 Å². The summed E-state index contributed by atoms with van der Waals surface area (Å²) in [6, 6.07) is 4.92. The minimum Gasteiger partial charge on any atom is -0.426 e. The molecule has 0 radical (unpaired) electrons. The van der Waals surface area contributed by atoms with E-state index in [1.54, 1.807) is 12.1 Å². The molecule has 0 aliphatic heterocycles. The third-order valence-electron chi connectivity index (χ3n) is 9.39. The highest BCUT2D eigenvalue weighted by atomic mass is 19.1. The zero-order valence-corrected chi connectivity index (χ0v) is 21.7. The molecule has 35 heavy (non-hydrogen) atoms. The van der Waals surface area contributed by atoms with E-state index in [2.05, 4.69) is 12.7 Å². The Kier molecular flexibility index (Phi) is 9.63. The number of benzene rings is 1. The Bertz CT molecular complexity index is 866. The number of hydrogen-bond acceptors (Lipinski definition) is 2. The zero-order valence-electron chi connectivity index (χ0n) is 21.7. The first-order valence-corrected chi connectivity index (χ1v) is 14.3. The van der Waals surface area contributed by atoms with Crippen molar-refractivity contribution in [2.75, 3.05) is 0 Å². The number of rotatable bonds is 9. The summed E-state index contributed by atoms with van der Waals surface area (Å²) >= 11 is 0. The van der Waals surface area contributed by atoms with E-state index in [0.29, 0.717) is 29.6 Å². The van der Waals surface area contributed by atoms with E-state index in [0.717, 1.165) is 49.9 Å². The van der Waals surface area contributed by atoms with Crippen LogP contribution in [-0.2, 0) is 11.2 Å². The molecule has 0 N–H and O–H groups in total. The lowest BCUT2D eigenvalue weighted by Gasteiger charge is -2.46. The molecule has 0 aromatic heterocycles. The van der Waals surface area contributed by atoms with Crippen LogP contribution < -0.4 is 4.74 Å². The Morgan fingerprint density at radius 2 is 1.83 bits per heavy atom. The smallest absolute Gasteiger partial charge is 0.314 e. The van der Waals surface area contributed by atoms with Crippen molar-refractivity contribution in [3.63, 3.8) is 0 Å². The SMILES string of the molecule is C=CCCC1CCC(C2CCC3C(CCCC3C(=O)Oc3ccc(CC/C=C/C)c(F)c3)C2)CC1. The highest BCUT2D eigenvalue weighted by molar-refractivity contribution is 5.75. The molecule has 2 nitrogen and oxygen atoms in total. The van der Waals surface area contributed by atoms with Crippen LogP contribution in [0.15, 0.2) is 43.0 Å². The van der Waals surface area contributed by atoms with Crippen molar-refractivity contribution in [2.45, 2.75) is 96.8 Å². The van der Waals surface area contributed by atoms with Crippen LogP contribution in [0.1, 0.15) is 96.0 Å². The monoisotopic (exact) mass is 480 g/mol.